The summed E-state index contributed by atoms with van der Waals surface area (Å²) in [5.74, 6) is 2.31. The first-order valence-corrected chi connectivity index (χ1v) is 7.35. The molecule has 1 aromatic heterocycles. The molecule has 7 heteroatoms. The fourth-order valence-electron chi connectivity index (χ4n) is 2.17. The van der Waals surface area contributed by atoms with E-state index >= 15 is 0 Å². The van der Waals surface area contributed by atoms with Crippen molar-refractivity contribution in [1.82, 2.24) is 15.3 Å². The summed E-state index contributed by atoms with van der Waals surface area (Å²) in [6.45, 7) is 3.97. The van der Waals surface area contributed by atoms with Crippen LogP contribution in [0.25, 0.3) is 0 Å². The van der Waals surface area contributed by atoms with Gasteiger partial charge in [-0.2, -0.15) is 0 Å². The van der Waals surface area contributed by atoms with Crippen molar-refractivity contribution in [1.29, 1.82) is 0 Å². The molecule has 0 radical (unpaired) electrons. The molecule has 1 aliphatic rings. The topological polar surface area (TPSA) is 88.2 Å². The molecule has 1 aromatic rings. The Bertz CT molecular complexity index is 470. The number of carbonyl (C=O) groups is 1. The Labute approximate surface area is 124 Å². The molecular weight excluding hydrogens is 270 g/mol. The highest BCUT2D eigenvalue weighted by Gasteiger charge is 2.18. The molecule has 1 aliphatic heterocycles. The Hall–Kier alpha value is -1.89. The normalized spacial score (nSPS) is 18.2. The number of carbonyl (C=O) groups excluding carboxylic acids is 1. The van der Waals surface area contributed by atoms with Crippen LogP contribution in [-0.2, 0) is 16.1 Å². The zero-order valence-corrected chi connectivity index (χ0v) is 12.6. The molecule has 116 valence electrons. The lowest BCUT2D eigenvalue weighted by Gasteiger charge is -2.24. The van der Waals surface area contributed by atoms with Gasteiger partial charge in [-0.3, -0.25) is 4.79 Å². The number of aromatic nitrogens is 2. The Balaban J connectivity index is 2.05. The van der Waals surface area contributed by atoms with E-state index in [4.69, 9.17) is 4.74 Å². The van der Waals surface area contributed by atoms with E-state index in [1.165, 1.54) is 0 Å². The van der Waals surface area contributed by atoms with Gasteiger partial charge in [0.15, 0.2) is 5.82 Å². The summed E-state index contributed by atoms with van der Waals surface area (Å²) in [5.41, 5.74) is 0. The molecule has 1 saturated heterocycles. The van der Waals surface area contributed by atoms with Crippen LogP contribution in [0.3, 0.4) is 0 Å². The third-order valence-corrected chi connectivity index (χ3v) is 3.22. The lowest BCUT2D eigenvalue weighted by Crippen LogP contribution is -2.42. The van der Waals surface area contributed by atoms with Crippen molar-refractivity contribution in [3.63, 3.8) is 0 Å². The standard InChI is InChI=1S/C14H23N5O2/c1-3-6-15-11-7-12(19-13(18-11)9-21-2)17-10-4-5-14(20)16-8-10/h7,10H,3-6,8-9H2,1-2H3,(H,16,20)(H2,15,17,18,19). The second-order valence-electron chi connectivity index (χ2n) is 5.10. The molecule has 1 fully saturated rings. The number of rotatable bonds is 7. The smallest absolute Gasteiger partial charge is 0.220 e. The summed E-state index contributed by atoms with van der Waals surface area (Å²) >= 11 is 0. The molecule has 0 aromatic carbocycles. The van der Waals surface area contributed by atoms with E-state index in [9.17, 15) is 4.79 Å². The van der Waals surface area contributed by atoms with Gasteiger partial charge < -0.3 is 20.7 Å². The molecule has 1 atom stereocenters. The van der Waals surface area contributed by atoms with E-state index in [1.807, 2.05) is 6.07 Å². The van der Waals surface area contributed by atoms with E-state index in [0.717, 1.165) is 31.0 Å². The minimum absolute atomic E-state index is 0.112. The summed E-state index contributed by atoms with van der Waals surface area (Å²) in [7, 11) is 1.62. The van der Waals surface area contributed by atoms with Crippen molar-refractivity contribution in [3.05, 3.63) is 11.9 Å². The van der Waals surface area contributed by atoms with Crippen molar-refractivity contribution >= 4 is 17.5 Å². The molecule has 21 heavy (non-hydrogen) atoms. The zero-order chi connectivity index (χ0) is 15.1. The molecule has 2 rings (SSSR count). The molecule has 7 nitrogen and oxygen atoms in total. The van der Waals surface area contributed by atoms with Crippen LogP contribution in [-0.4, -0.2) is 42.1 Å². The van der Waals surface area contributed by atoms with E-state index in [0.29, 0.717) is 25.4 Å². The summed E-state index contributed by atoms with van der Waals surface area (Å²) in [6.07, 6.45) is 2.39. The van der Waals surface area contributed by atoms with Crippen molar-refractivity contribution in [2.24, 2.45) is 0 Å². The zero-order valence-electron chi connectivity index (χ0n) is 12.6. The van der Waals surface area contributed by atoms with Crippen molar-refractivity contribution < 1.29 is 9.53 Å². The van der Waals surface area contributed by atoms with Gasteiger partial charge in [-0.25, -0.2) is 9.97 Å². The maximum atomic E-state index is 11.2. The molecule has 1 amide bonds. The van der Waals surface area contributed by atoms with Gasteiger partial charge in [0.1, 0.15) is 18.2 Å². The average molecular weight is 293 g/mol. The number of anilines is 2. The largest absolute Gasteiger partial charge is 0.377 e. The van der Waals surface area contributed by atoms with Gasteiger partial charge in [0.2, 0.25) is 5.91 Å². The predicted molar refractivity (Wildman–Crippen MR) is 81.2 cm³/mol. The van der Waals surface area contributed by atoms with Gasteiger partial charge in [-0.1, -0.05) is 6.92 Å². The Morgan fingerprint density at radius 2 is 2.24 bits per heavy atom. The van der Waals surface area contributed by atoms with Crippen molar-refractivity contribution in [2.75, 3.05) is 30.8 Å². The second-order valence-corrected chi connectivity index (χ2v) is 5.10. The van der Waals surface area contributed by atoms with Crippen molar-refractivity contribution in [3.8, 4) is 0 Å². The van der Waals surface area contributed by atoms with E-state index in [2.05, 4.69) is 32.8 Å². The minimum Gasteiger partial charge on any atom is -0.377 e. The van der Waals surface area contributed by atoms with Crippen LogP contribution < -0.4 is 16.0 Å². The van der Waals surface area contributed by atoms with Crippen LogP contribution in [0.4, 0.5) is 11.6 Å². The maximum Gasteiger partial charge on any atom is 0.220 e. The molecular formula is C14H23N5O2. The maximum absolute atomic E-state index is 11.2. The van der Waals surface area contributed by atoms with Crippen LogP contribution in [0.1, 0.15) is 32.0 Å². The number of methoxy groups -OCH3 is 1. The SMILES string of the molecule is CCCNc1cc(NC2CCC(=O)NC2)nc(COC)n1. The fraction of sp³-hybridized carbons (Fsp3) is 0.643. The number of hydrogen-bond donors (Lipinski definition) is 3. The molecule has 0 spiro atoms. The van der Waals surface area contributed by atoms with Gasteiger partial charge in [0.25, 0.3) is 0 Å². The number of nitrogens with one attached hydrogen (secondary N) is 3. The molecule has 3 N–H and O–H groups in total. The van der Waals surface area contributed by atoms with E-state index < -0.39 is 0 Å². The summed E-state index contributed by atoms with van der Waals surface area (Å²) < 4.78 is 5.11. The first-order valence-electron chi connectivity index (χ1n) is 7.35. The van der Waals surface area contributed by atoms with Gasteiger partial charge in [-0.15, -0.1) is 0 Å². The Kier molecular flexibility index (Phi) is 5.74. The first kappa shape index (κ1) is 15.5. The molecule has 0 bridgehead atoms. The lowest BCUT2D eigenvalue weighted by molar-refractivity contribution is -0.122. The van der Waals surface area contributed by atoms with Gasteiger partial charge in [0, 0.05) is 38.7 Å². The van der Waals surface area contributed by atoms with E-state index in [1.54, 1.807) is 7.11 Å². The fourth-order valence-corrected chi connectivity index (χ4v) is 2.17. The second kappa shape index (κ2) is 7.78. The monoisotopic (exact) mass is 293 g/mol. The van der Waals surface area contributed by atoms with E-state index in [-0.39, 0.29) is 11.9 Å². The molecule has 0 saturated carbocycles. The third-order valence-electron chi connectivity index (χ3n) is 3.22. The highest BCUT2D eigenvalue weighted by Crippen LogP contribution is 2.15. The number of ether oxygens (including phenoxy) is 1. The van der Waals surface area contributed by atoms with Crippen LogP contribution in [0, 0.1) is 0 Å². The average Bonchev–Trinajstić information content (AvgIpc) is 2.48. The minimum atomic E-state index is 0.112. The van der Waals surface area contributed by atoms with Crippen LogP contribution in [0.5, 0.6) is 0 Å². The van der Waals surface area contributed by atoms with Gasteiger partial charge in [0.05, 0.1) is 0 Å². The predicted octanol–water partition coefficient (Wildman–Crippen LogP) is 1.14. The number of hydrogen-bond acceptors (Lipinski definition) is 6. The van der Waals surface area contributed by atoms with Crippen molar-refractivity contribution in [2.45, 2.75) is 38.8 Å². The molecule has 2 heterocycles. The quantitative estimate of drug-likeness (QED) is 0.698. The summed E-state index contributed by atoms with van der Waals surface area (Å²) in [6, 6.07) is 2.10. The number of piperidine rings is 1. The molecule has 1 unspecified atom stereocenters. The Morgan fingerprint density at radius 3 is 2.90 bits per heavy atom. The van der Waals surface area contributed by atoms with Gasteiger partial charge >= 0.3 is 0 Å². The van der Waals surface area contributed by atoms with Crippen LogP contribution >= 0.6 is 0 Å². The van der Waals surface area contributed by atoms with Crippen LogP contribution in [0.2, 0.25) is 0 Å². The van der Waals surface area contributed by atoms with Gasteiger partial charge in [-0.05, 0) is 12.8 Å². The Morgan fingerprint density at radius 1 is 1.43 bits per heavy atom. The number of nitrogens with zero attached hydrogens (tertiary/aromatic N) is 2. The highest BCUT2D eigenvalue weighted by atomic mass is 16.5. The summed E-state index contributed by atoms with van der Waals surface area (Å²) in [5, 5.41) is 9.47. The molecule has 0 aliphatic carbocycles. The highest BCUT2D eigenvalue weighted by molar-refractivity contribution is 5.77. The lowest BCUT2D eigenvalue weighted by atomic mass is 10.1. The first-order chi connectivity index (χ1) is 10.2. The van der Waals surface area contributed by atoms with Crippen LogP contribution in [0.15, 0.2) is 6.07 Å². The summed E-state index contributed by atoms with van der Waals surface area (Å²) in [4.78, 5) is 20.0. The number of amides is 1. The third kappa shape index (κ3) is 4.86.